The molecule has 3 heterocycles. The molecule has 0 atom stereocenters. The highest BCUT2D eigenvalue weighted by Gasteiger charge is 2.19. The van der Waals surface area contributed by atoms with Crippen LogP contribution in [0, 0.1) is 5.82 Å². The van der Waals surface area contributed by atoms with Crippen molar-refractivity contribution in [3.8, 4) is 10.6 Å². The summed E-state index contributed by atoms with van der Waals surface area (Å²) in [5.74, 6) is -0.194. The monoisotopic (exact) mass is 496 g/mol. The lowest BCUT2D eigenvalue weighted by atomic mass is 10.2. The molecule has 1 N–H and O–H groups in total. The number of hydrogen-bond donors (Lipinski definition) is 1. The van der Waals surface area contributed by atoms with Crippen LogP contribution in [0.25, 0.3) is 21.5 Å². The van der Waals surface area contributed by atoms with Crippen molar-refractivity contribution in [2.24, 2.45) is 0 Å². The minimum absolute atomic E-state index is 0.0183. The Hall–Kier alpha value is -2.87. The number of nitrogens with zero attached hydrogens (tertiary/aromatic N) is 3. The molecular weight excluding hydrogens is 471 g/mol. The zero-order valence-corrected chi connectivity index (χ0v) is 20.3. The number of carbonyl (C=O) groups excluding carboxylic acids is 1. The van der Waals surface area contributed by atoms with Crippen LogP contribution in [0.1, 0.15) is 0 Å². The first-order chi connectivity index (χ1) is 16.6. The van der Waals surface area contributed by atoms with Gasteiger partial charge in [-0.15, -0.1) is 11.3 Å². The topological polar surface area (TPSA) is 40.5 Å². The quantitative estimate of drug-likeness (QED) is 0.387. The predicted octanol–water partition coefficient (Wildman–Crippen LogP) is 5.10. The van der Waals surface area contributed by atoms with Gasteiger partial charge in [0.2, 0.25) is 5.91 Å². The van der Waals surface area contributed by atoms with Crippen LogP contribution in [0.4, 0.5) is 10.1 Å². The molecular formula is C26H26ClFN4OS. The fourth-order valence-corrected chi connectivity index (χ4v) is 5.45. The molecule has 8 heteroatoms. The maximum absolute atomic E-state index is 14.0. The van der Waals surface area contributed by atoms with E-state index in [-0.39, 0.29) is 18.3 Å². The van der Waals surface area contributed by atoms with Crippen molar-refractivity contribution in [1.82, 2.24) is 14.8 Å². The maximum Gasteiger partial charge on any atom is 0.240 e. The molecule has 0 saturated carbocycles. The van der Waals surface area contributed by atoms with Gasteiger partial charge in [-0.1, -0.05) is 29.8 Å². The molecule has 0 unspecified atom stereocenters. The van der Waals surface area contributed by atoms with Gasteiger partial charge in [0.05, 0.1) is 16.3 Å². The summed E-state index contributed by atoms with van der Waals surface area (Å²) in [5.41, 5.74) is 2.68. The molecule has 1 aliphatic heterocycles. The summed E-state index contributed by atoms with van der Waals surface area (Å²) >= 11 is 7.85. The number of hydrogen-bond acceptors (Lipinski definition) is 4. The lowest BCUT2D eigenvalue weighted by molar-refractivity contribution is -0.121. The molecule has 1 fully saturated rings. The van der Waals surface area contributed by atoms with Crippen LogP contribution in [0.15, 0.2) is 66.0 Å². The van der Waals surface area contributed by atoms with E-state index in [2.05, 4.69) is 31.8 Å². The van der Waals surface area contributed by atoms with Gasteiger partial charge in [0, 0.05) is 55.2 Å². The Morgan fingerprint density at radius 2 is 1.85 bits per heavy atom. The first-order valence-electron chi connectivity index (χ1n) is 11.4. The van der Waals surface area contributed by atoms with E-state index < -0.39 is 0 Å². The summed E-state index contributed by atoms with van der Waals surface area (Å²) in [6.45, 7) is 4.84. The molecule has 5 rings (SSSR count). The van der Waals surface area contributed by atoms with Crippen molar-refractivity contribution < 1.29 is 9.18 Å². The molecule has 0 spiro atoms. The van der Waals surface area contributed by atoms with Crippen molar-refractivity contribution in [3.05, 3.63) is 76.9 Å². The van der Waals surface area contributed by atoms with Crippen LogP contribution in [0.5, 0.6) is 0 Å². The molecule has 1 aliphatic rings. The van der Waals surface area contributed by atoms with E-state index in [1.54, 1.807) is 17.4 Å². The number of rotatable bonds is 7. The van der Waals surface area contributed by atoms with Crippen molar-refractivity contribution in [2.45, 2.75) is 6.54 Å². The maximum atomic E-state index is 14.0. The standard InChI is InChI=1S/C26H26ClFN4OS/c27-20-7-8-22-19(16-20)17-24(25-6-3-15-34-25)32(22)18-26(33)29-9-10-30-11-13-31(14-12-30)23-5-2-1-4-21(23)28/h1-8,15-17H,9-14,18H2,(H,29,33). The largest absolute Gasteiger partial charge is 0.367 e. The Labute approximate surface area is 207 Å². The van der Waals surface area contributed by atoms with Gasteiger partial charge in [-0.05, 0) is 47.8 Å². The highest BCUT2D eigenvalue weighted by atomic mass is 35.5. The van der Waals surface area contributed by atoms with Gasteiger partial charge in [-0.2, -0.15) is 0 Å². The van der Waals surface area contributed by atoms with Crippen LogP contribution in [0.3, 0.4) is 0 Å². The van der Waals surface area contributed by atoms with Crippen LogP contribution in [0.2, 0.25) is 5.02 Å². The van der Waals surface area contributed by atoms with Crippen LogP contribution >= 0.6 is 22.9 Å². The average molecular weight is 497 g/mol. The van der Waals surface area contributed by atoms with Crippen molar-refractivity contribution in [2.75, 3.05) is 44.2 Å². The lowest BCUT2D eigenvalue weighted by Gasteiger charge is -2.36. The summed E-state index contributed by atoms with van der Waals surface area (Å²) < 4.78 is 16.1. The second-order valence-corrected chi connectivity index (χ2v) is 9.81. The Kier molecular flexibility index (Phi) is 6.85. The van der Waals surface area contributed by atoms with Crippen molar-refractivity contribution in [3.63, 3.8) is 0 Å². The third kappa shape index (κ3) is 4.97. The summed E-state index contributed by atoms with van der Waals surface area (Å²) in [5, 5.41) is 6.82. The SMILES string of the molecule is O=C(Cn1c(-c2cccs2)cc2cc(Cl)ccc21)NCCN1CCN(c2ccccc2F)CC1. The molecule has 2 aromatic heterocycles. The molecule has 0 bridgehead atoms. The van der Waals surface area contributed by atoms with Crippen LogP contribution in [-0.2, 0) is 11.3 Å². The average Bonchev–Trinajstić information content (AvgIpc) is 3.48. The van der Waals surface area contributed by atoms with E-state index in [1.165, 1.54) is 6.07 Å². The van der Waals surface area contributed by atoms with E-state index in [4.69, 9.17) is 11.6 Å². The van der Waals surface area contributed by atoms with Gasteiger partial charge in [0.15, 0.2) is 0 Å². The minimum atomic E-state index is -0.176. The third-order valence-corrected chi connectivity index (χ3v) is 7.38. The second kappa shape index (κ2) is 10.2. The third-order valence-electron chi connectivity index (χ3n) is 6.25. The molecule has 4 aromatic rings. The molecule has 0 radical (unpaired) electrons. The second-order valence-electron chi connectivity index (χ2n) is 8.43. The first kappa shape index (κ1) is 22.9. The predicted molar refractivity (Wildman–Crippen MR) is 138 cm³/mol. The number of para-hydroxylation sites is 1. The molecule has 1 saturated heterocycles. The smallest absolute Gasteiger partial charge is 0.240 e. The number of nitrogens with one attached hydrogen (secondary N) is 1. The molecule has 0 aliphatic carbocycles. The number of aromatic nitrogens is 1. The summed E-state index contributed by atoms with van der Waals surface area (Å²) in [7, 11) is 0. The highest BCUT2D eigenvalue weighted by Crippen LogP contribution is 2.32. The van der Waals surface area contributed by atoms with Crippen LogP contribution in [-0.4, -0.2) is 54.6 Å². The normalized spacial score (nSPS) is 14.6. The van der Waals surface area contributed by atoms with E-state index in [0.29, 0.717) is 17.3 Å². The zero-order valence-electron chi connectivity index (χ0n) is 18.7. The Balaban J connectivity index is 1.17. The van der Waals surface area contributed by atoms with Crippen LogP contribution < -0.4 is 10.2 Å². The molecule has 5 nitrogen and oxygen atoms in total. The number of amides is 1. The molecule has 1 amide bonds. The van der Waals surface area contributed by atoms with E-state index in [0.717, 1.165) is 54.2 Å². The van der Waals surface area contributed by atoms with Gasteiger partial charge in [0.25, 0.3) is 0 Å². The Morgan fingerprint density at radius 3 is 2.62 bits per heavy atom. The van der Waals surface area contributed by atoms with E-state index in [9.17, 15) is 9.18 Å². The number of anilines is 1. The Morgan fingerprint density at radius 1 is 1.03 bits per heavy atom. The van der Waals surface area contributed by atoms with Gasteiger partial charge in [0.1, 0.15) is 12.4 Å². The van der Waals surface area contributed by atoms with Crippen molar-refractivity contribution >= 4 is 45.4 Å². The first-order valence-corrected chi connectivity index (χ1v) is 12.7. The Bertz CT molecular complexity index is 1280. The highest BCUT2D eigenvalue weighted by molar-refractivity contribution is 7.13. The number of fused-ring (bicyclic) bond motifs is 1. The summed E-state index contributed by atoms with van der Waals surface area (Å²) in [6.07, 6.45) is 0. The molecule has 34 heavy (non-hydrogen) atoms. The van der Waals surface area contributed by atoms with Gasteiger partial charge >= 0.3 is 0 Å². The number of carbonyl (C=O) groups is 1. The zero-order chi connectivity index (χ0) is 23.5. The van der Waals surface area contributed by atoms with Gasteiger partial charge < -0.3 is 14.8 Å². The molecule has 2 aromatic carbocycles. The molecule has 176 valence electrons. The minimum Gasteiger partial charge on any atom is -0.367 e. The number of thiophene rings is 1. The number of piperazine rings is 1. The van der Waals surface area contributed by atoms with E-state index in [1.807, 2.05) is 41.8 Å². The van der Waals surface area contributed by atoms with Gasteiger partial charge in [-0.3, -0.25) is 9.69 Å². The summed E-state index contributed by atoms with van der Waals surface area (Å²) in [6, 6.07) is 18.8. The van der Waals surface area contributed by atoms with Crippen molar-refractivity contribution in [1.29, 1.82) is 0 Å². The number of halogens is 2. The van der Waals surface area contributed by atoms with Gasteiger partial charge in [-0.25, -0.2) is 4.39 Å². The fraction of sp³-hybridized carbons (Fsp3) is 0.269. The summed E-state index contributed by atoms with van der Waals surface area (Å²) in [4.78, 5) is 18.3. The fourth-order valence-electron chi connectivity index (χ4n) is 4.51. The van der Waals surface area contributed by atoms with E-state index >= 15 is 0 Å². The number of benzene rings is 2. The lowest BCUT2D eigenvalue weighted by Crippen LogP contribution is -2.48.